The summed E-state index contributed by atoms with van der Waals surface area (Å²) in [6, 6.07) is 37.7. The number of rotatable bonds is 37. The van der Waals surface area contributed by atoms with Crippen molar-refractivity contribution in [3.8, 4) is 24.2 Å². The summed E-state index contributed by atoms with van der Waals surface area (Å²) < 4.78 is 73.3. The first-order valence-corrected chi connectivity index (χ1v) is 49.7. The minimum absolute atomic E-state index is 0. The largest absolute Gasteiger partial charge is 0.444 e. The van der Waals surface area contributed by atoms with Crippen molar-refractivity contribution in [1.29, 1.82) is 0.594 Å². The number of para-hydroxylation sites is 4. The van der Waals surface area contributed by atoms with Crippen molar-refractivity contribution in [2.24, 2.45) is 5.73 Å². The number of fused-ring (bicyclic) bond motifs is 12. The summed E-state index contributed by atoms with van der Waals surface area (Å²) in [5.41, 5.74) is 13.6. The number of ether oxygens (including phenoxy) is 11. The Morgan fingerprint density at radius 3 is 1.03 bits per heavy atom. The smallest absolute Gasteiger partial charge is 0.407 e. The number of hydrogen-bond acceptors (Lipinski definition) is 27. The molecule has 4 fully saturated rings. The molecule has 149 heavy (non-hydrogen) atoms. The van der Waals surface area contributed by atoms with Crippen LogP contribution in [0, 0.1) is 31.6 Å². The predicted octanol–water partition coefficient (Wildman–Crippen LogP) is 14.0. The summed E-state index contributed by atoms with van der Waals surface area (Å²) in [7, 11) is 0. The van der Waals surface area contributed by atoms with Gasteiger partial charge in [0.25, 0.3) is 0 Å². The Labute approximate surface area is 916 Å². The van der Waals surface area contributed by atoms with Gasteiger partial charge < -0.3 is 99.5 Å². The third-order valence-electron chi connectivity index (χ3n) is 23.1. The van der Waals surface area contributed by atoms with Crippen LogP contribution in [0.15, 0.2) is 151 Å². The first-order valence-electron chi connectivity index (χ1n) is 49.3. The van der Waals surface area contributed by atoms with Gasteiger partial charge in [-0.2, -0.15) is 0 Å². The molecule has 4 unspecified atom stereocenters. The van der Waals surface area contributed by atoms with Gasteiger partial charge in [-0.25, -0.2) is 34.3 Å². The molecular formula is C108H133BrIN16O22Y-. The SMILES string of the molecule is C#CCOCCOCCNC(=O)OC(C)(C)C.CC(C)(C)OC(=O)NCCOCCOCC#Cc1ccnc2c1c1ccccc1n2C1CCC(=O)NC1=O.CC(C)(C)OC(=O)NCCOCCOCCCc1ccnc2c1c1ccccc1n2C1CCC(=O)NC1=O.NCCOCCOCCCc1ccnc2c1c1ccccc1n2C1CCC(=O)NC1=O.O=C1CCC(n2c3ccccc3c3c(Br)ccnc32)C(=O)N1.[3H]I.[CH3-].[Y]. The van der Waals surface area contributed by atoms with Crippen molar-refractivity contribution in [3.05, 3.63) is 175 Å². The van der Waals surface area contributed by atoms with Crippen LogP contribution >= 0.6 is 39.7 Å². The van der Waals surface area contributed by atoms with E-state index in [-0.39, 0.29) is 100 Å². The third kappa shape index (κ3) is 34.8. The third-order valence-corrected chi connectivity index (χ3v) is 23.8. The monoisotopic (exact) mass is 2300 g/mol. The molecule has 1 radical (unpaired) electrons. The van der Waals surface area contributed by atoms with Gasteiger partial charge in [-0.15, -0.1) is 30.2 Å². The maximum Gasteiger partial charge on any atom is 0.407 e. The Kier molecular flexibility index (Phi) is 47.6. The van der Waals surface area contributed by atoms with Crippen molar-refractivity contribution in [2.45, 2.75) is 180 Å². The van der Waals surface area contributed by atoms with E-state index >= 15 is 0 Å². The van der Waals surface area contributed by atoms with Gasteiger partial charge in [-0.3, -0.25) is 59.6 Å². The number of halogens is 2. The summed E-state index contributed by atoms with van der Waals surface area (Å²) in [5, 5.41) is 25.7. The molecule has 12 heterocycles. The van der Waals surface area contributed by atoms with Crippen LogP contribution in [0.2, 0.25) is 0 Å². The Bertz CT molecular complexity index is 6740. The zero-order valence-electron chi connectivity index (χ0n) is 86.8. The van der Waals surface area contributed by atoms with Crippen LogP contribution in [0.3, 0.4) is 0 Å². The summed E-state index contributed by atoms with van der Waals surface area (Å²) in [4.78, 5) is 149. The number of aromatic nitrogens is 8. The van der Waals surface area contributed by atoms with Crippen LogP contribution in [-0.4, -0.2) is 253 Å². The fourth-order valence-electron chi connectivity index (χ4n) is 17.1. The molecule has 4 aliphatic rings. The normalized spacial score (nSPS) is 15.7. The molecule has 0 bridgehead atoms. The van der Waals surface area contributed by atoms with Gasteiger partial charge in [0, 0.05) is 176 Å². The van der Waals surface area contributed by atoms with Gasteiger partial charge in [0.15, 0.2) is 0 Å². The summed E-state index contributed by atoms with van der Waals surface area (Å²) >= 11 is 4.97. The second-order valence-corrected chi connectivity index (χ2v) is 38.2. The molecule has 41 heteroatoms. The number of terminal acetylenes is 1. The van der Waals surface area contributed by atoms with Crippen molar-refractivity contribution in [3.63, 3.8) is 0 Å². The molecule has 4 aromatic carbocycles. The maximum atomic E-state index is 12.7. The second-order valence-electron chi connectivity index (χ2n) is 37.4. The molecule has 0 aliphatic carbocycles. The van der Waals surface area contributed by atoms with E-state index in [2.05, 4.69) is 103 Å². The van der Waals surface area contributed by atoms with E-state index in [1.807, 2.05) is 169 Å². The Morgan fingerprint density at radius 2 is 0.698 bits per heavy atom. The quantitative estimate of drug-likeness (QED) is 0.00448. The summed E-state index contributed by atoms with van der Waals surface area (Å²) in [6.07, 6.45) is 17.0. The number of carbonyl (C=O) groups excluding carboxylic acids is 11. The fraction of sp³-hybridized carbons (Fsp3) is 0.444. The Balaban J connectivity index is 0.000000212. The number of pyridine rings is 4. The van der Waals surface area contributed by atoms with Gasteiger partial charge in [0.2, 0.25) is 47.3 Å². The van der Waals surface area contributed by atoms with Gasteiger partial charge in [0.1, 0.15) is 77.4 Å². The van der Waals surface area contributed by atoms with Crippen LogP contribution in [0.4, 0.5) is 14.4 Å². The summed E-state index contributed by atoms with van der Waals surface area (Å²) in [5.74, 6) is 6.51. The number of piperidine rings is 4. The van der Waals surface area contributed by atoms with Crippen molar-refractivity contribution in [2.75, 3.05) is 132 Å². The number of carbonyl (C=O) groups is 11. The predicted molar refractivity (Wildman–Crippen MR) is 575 cm³/mol. The first kappa shape index (κ1) is 119. The average molecular weight is 2310 g/mol. The molecular weight excluding hydrogens is 2170 g/mol. The molecule has 4 aliphatic heterocycles. The molecule has 0 spiro atoms. The van der Waals surface area contributed by atoms with Crippen LogP contribution < -0.4 is 43.0 Å². The second kappa shape index (κ2) is 59.7. The molecule has 38 nitrogen and oxygen atoms in total. The minimum atomic E-state index is -0.535. The van der Waals surface area contributed by atoms with E-state index in [0.29, 0.717) is 176 Å². The van der Waals surface area contributed by atoms with Crippen molar-refractivity contribution in [1.82, 2.24) is 75.4 Å². The van der Waals surface area contributed by atoms with Crippen LogP contribution in [0.25, 0.3) is 87.7 Å². The number of nitrogens with two attached hydrogens (primary N) is 1. The zero-order valence-corrected chi connectivity index (χ0v) is 92.4. The van der Waals surface area contributed by atoms with E-state index < -0.39 is 59.3 Å². The standard InChI is InChI=1S/C28H36N4O6.C28H32N4O6.C23H28N4O4.C16H12BrN3O2.C12H21NO4.CH3.HI.Y/c2*1-28(2,3)38-27(35)30-14-16-37-18-17-36-15-6-7-19-12-13-29-25-24(19)20-8-4-5-9-21(20)32(25)22-10-11-23(33)31-26(22)34;24-10-13-31-15-14-30-12-3-4-16-9-11-25-22-21(16)17-5-1-2-6-18(17)27(22)19-7-8-20(28)26-23(19)29;17-10-7-8-18-15-14(10)9-3-1-2-4-11(9)20(15)12-5-6-13(21)19-16(12)22;1-5-7-15-9-10-16-8-6-13-11(14)17-12(2,3)4;;;/h4-5,8-9,12-13,22H,6-7,10-11,14-18H2,1-3H3,(H,30,35)(H,31,33,34);4-5,8-9,12-13,22H,10-11,14-18H2,1-3H3,(H,30,35)(H,31,33,34);1-2,5-6,9,11,19H,3-4,7-8,10,12-15,24H2,(H,26,28,29);1-4,7-8,12H,5-6H2,(H,19,21,22);1H,6-10H2,2-4H3,(H,13,14);1H3;1H;/q;;;;;-1;;/i/hT. The van der Waals surface area contributed by atoms with Gasteiger partial charge in [0.05, 0.1) is 101 Å². The fourth-order valence-corrected chi connectivity index (χ4v) is 17.6. The van der Waals surface area contributed by atoms with Crippen molar-refractivity contribution < 1.29 is 138 Å². The number of nitrogens with one attached hydrogen (secondary N) is 7. The van der Waals surface area contributed by atoms with E-state index in [1.165, 1.54) is 29.3 Å². The molecule has 8 aromatic heterocycles. The molecule has 11 amide bonds. The van der Waals surface area contributed by atoms with Gasteiger partial charge in [-0.05, 0) is 189 Å². The number of amides is 11. The number of imide groups is 4. The Morgan fingerprint density at radius 1 is 0.409 bits per heavy atom. The maximum absolute atomic E-state index is 12.7. The Hall–Kier alpha value is -11.9. The van der Waals surface area contributed by atoms with E-state index in [1.54, 1.807) is 45.6 Å². The zero-order chi connectivity index (χ0) is 106. The van der Waals surface area contributed by atoms with E-state index in [0.717, 1.165) is 123 Å². The average Bonchev–Trinajstić information content (AvgIpc) is 1.60. The van der Waals surface area contributed by atoms with Gasteiger partial charge >= 0.3 is 18.3 Å². The number of nitrogens with zero attached hydrogens (tertiary/aromatic N) is 8. The molecule has 4 saturated heterocycles. The molecule has 16 rings (SSSR count). The number of benzene rings is 4. The molecule has 0 saturated carbocycles. The van der Waals surface area contributed by atoms with E-state index in [9.17, 15) is 52.7 Å². The van der Waals surface area contributed by atoms with Crippen LogP contribution in [-0.2, 0) is 136 Å². The summed E-state index contributed by atoms with van der Waals surface area (Å²) in [6.45, 7) is 25.0. The van der Waals surface area contributed by atoms with Gasteiger partial charge in [-0.1, -0.05) is 90.6 Å². The topological polar surface area (TPSA) is 471 Å². The molecule has 9 N–H and O–H groups in total. The van der Waals surface area contributed by atoms with Crippen molar-refractivity contribution >= 4 is 193 Å². The van der Waals surface area contributed by atoms with E-state index in [4.69, 9.17) is 64.9 Å². The van der Waals surface area contributed by atoms with Crippen LogP contribution in [0.1, 0.15) is 167 Å². The molecule has 12 aromatic rings. The molecule has 795 valence electrons. The number of hydrogen-bond donors (Lipinski definition) is 8. The molecule has 4 atom stereocenters. The number of aryl methyl sites for hydroxylation is 2. The number of alkyl carbamates (subject to hydrolysis) is 3. The first-order chi connectivity index (χ1) is 71.3. The minimum Gasteiger partial charge on any atom is -0.444 e. The van der Waals surface area contributed by atoms with Crippen LogP contribution in [0.5, 0.6) is 0 Å².